The number of nitrogens with zero attached hydrogens (tertiary/aromatic N) is 2. The molecule has 0 aromatic rings. The molecule has 1 amide bonds. The Labute approximate surface area is 132 Å². The van der Waals surface area contributed by atoms with Crippen molar-refractivity contribution in [1.82, 2.24) is 4.90 Å². The third-order valence-electron chi connectivity index (χ3n) is 4.67. The van der Waals surface area contributed by atoms with Crippen LogP contribution in [0.2, 0.25) is 0 Å². The van der Waals surface area contributed by atoms with Crippen LogP contribution in [0.3, 0.4) is 0 Å². The largest absolute Gasteiger partial charge is 0.438 e. The fraction of sp³-hybridized carbons (Fsp3) is 0.667. The molecule has 0 aromatic carbocycles. The summed E-state index contributed by atoms with van der Waals surface area (Å²) in [6, 6.07) is 2.04. The van der Waals surface area contributed by atoms with Gasteiger partial charge in [0.25, 0.3) is 5.91 Å². The molecule has 4 aliphatic rings. The minimum absolute atomic E-state index is 0.218. The summed E-state index contributed by atoms with van der Waals surface area (Å²) in [5.74, 6) is -1.05. The fourth-order valence-corrected chi connectivity index (χ4v) is 3.46. The zero-order valence-corrected chi connectivity index (χ0v) is 12.5. The predicted molar refractivity (Wildman–Crippen MR) is 72.6 cm³/mol. The maximum atomic E-state index is 12.5. The Hall–Kier alpha value is -1.95. The topological polar surface area (TPSA) is 98.1 Å². The smallest absolute Gasteiger partial charge is 0.340 e. The Morgan fingerprint density at radius 2 is 2.30 bits per heavy atom. The molecule has 0 spiro atoms. The number of likely N-dealkylation sites (N-methyl/N-ethyl adjacent to an activating group) is 1. The van der Waals surface area contributed by atoms with E-state index >= 15 is 0 Å². The summed E-state index contributed by atoms with van der Waals surface area (Å²) in [6.45, 7) is 2.65. The van der Waals surface area contributed by atoms with Crippen LogP contribution in [0.5, 0.6) is 0 Å². The van der Waals surface area contributed by atoms with E-state index in [1.54, 1.807) is 11.0 Å². The normalized spacial score (nSPS) is 43.7. The van der Waals surface area contributed by atoms with Gasteiger partial charge in [0.05, 0.1) is 12.6 Å². The molecule has 0 aliphatic carbocycles. The number of fused-ring (bicyclic) bond motifs is 4. The first-order chi connectivity index (χ1) is 11.1. The summed E-state index contributed by atoms with van der Waals surface area (Å²) in [4.78, 5) is 26.3. The number of carbonyl (C=O) groups excluding carboxylic acids is 2. The lowest BCUT2D eigenvalue weighted by Gasteiger charge is -2.30. The van der Waals surface area contributed by atoms with E-state index in [-0.39, 0.29) is 25.0 Å². The van der Waals surface area contributed by atoms with Crippen LogP contribution in [0, 0.1) is 11.3 Å². The minimum atomic E-state index is -1.36. The molecule has 0 saturated carbocycles. The molecule has 0 N–H and O–H groups in total. The molecule has 4 rings (SSSR count). The predicted octanol–water partition coefficient (Wildman–Crippen LogP) is -0.509. The second kappa shape index (κ2) is 5.03. The number of morpholine rings is 1. The van der Waals surface area contributed by atoms with Gasteiger partial charge in [-0.1, -0.05) is 12.2 Å². The lowest BCUT2D eigenvalue weighted by atomic mass is 9.90. The zero-order valence-electron chi connectivity index (χ0n) is 12.5. The minimum Gasteiger partial charge on any atom is -0.438 e. The van der Waals surface area contributed by atoms with Crippen LogP contribution in [-0.4, -0.2) is 66.2 Å². The molecule has 6 atom stereocenters. The van der Waals surface area contributed by atoms with Crippen molar-refractivity contribution in [2.24, 2.45) is 0 Å². The molecule has 0 radical (unpaired) electrons. The number of rotatable bonds is 3. The Kier molecular flexibility index (Phi) is 3.20. The van der Waals surface area contributed by atoms with E-state index in [0.717, 1.165) is 0 Å². The standard InChI is InChI=1S/C15H16N2O6/c1-2-17-6-10-21-11(13(17)18)12(22-10)14(19)23-15(7-16)5-8-3-4-9(15)20-8/h3-4,8-12H,2,5-6H2,1H3/t8-,9+,10+,11-,12-,15-/m0/s1. The Bertz CT molecular complexity index is 628. The average Bonchev–Trinajstić information content (AvgIpc) is 3.24. The van der Waals surface area contributed by atoms with E-state index < -0.39 is 36.2 Å². The van der Waals surface area contributed by atoms with E-state index in [4.69, 9.17) is 18.9 Å². The first-order valence-corrected chi connectivity index (χ1v) is 7.64. The number of hydrogen-bond donors (Lipinski definition) is 0. The zero-order chi connectivity index (χ0) is 16.2. The van der Waals surface area contributed by atoms with Gasteiger partial charge in [0.1, 0.15) is 12.2 Å². The highest BCUT2D eigenvalue weighted by atomic mass is 16.8. The van der Waals surface area contributed by atoms with Crippen LogP contribution >= 0.6 is 0 Å². The molecule has 4 bridgehead atoms. The third kappa shape index (κ3) is 2.08. The van der Waals surface area contributed by atoms with Gasteiger partial charge in [-0.2, -0.15) is 5.26 Å². The fourth-order valence-electron chi connectivity index (χ4n) is 3.46. The summed E-state index contributed by atoms with van der Waals surface area (Å²) in [5.41, 5.74) is -1.36. The van der Waals surface area contributed by atoms with Crippen LogP contribution in [0.15, 0.2) is 12.2 Å². The first-order valence-electron chi connectivity index (χ1n) is 7.64. The van der Waals surface area contributed by atoms with Gasteiger partial charge >= 0.3 is 5.97 Å². The summed E-state index contributed by atoms with van der Waals surface area (Å²) in [5, 5.41) is 9.46. The van der Waals surface area contributed by atoms with Crippen LogP contribution in [-0.2, 0) is 28.5 Å². The molecular formula is C15H16N2O6. The van der Waals surface area contributed by atoms with Crippen molar-refractivity contribution in [2.75, 3.05) is 13.1 Å². The Morgan fingerprint density at radius 1 is 1.48 bits per heavy atom. The number of hydrogen-bond acceptors (Lipinski definition) is 7. The molecule has 4 heterocycles. The van der Waals surface area contributed by atoms with Crippen molar-refractivity contribution in [3.05, 3.63) is 12.2 Å². The van der Waals surface area contributed by atoms with Gasteiger partial charge < -0.3 is 23.8 Å². The molecule has 23 heavy (non-hydrogen) atoms. The maximum Gasteiger partial charge on any atom is 0.340 e. The Balaban J connectivity index is 1.51. The van der Waals surface area contributed by atoms with Gasteiger partial charge in [0.2, 0.25) is 5.60 Å². The van der Waals surface area contributed by atoms with Crippen LogP contribution < -0.4 is 0 Å². The number of amides is 1. The monoisotopic (exact) mass is 320 g/mol. The number of ether oxygens (including phenoxy) is 4. The van der Waals surface area contributed by atoms with E-state index in [9.17, 15) is 14.9 Å². The molecule has 8 nitrogen and oxygen atoms in total. The SMILES string of the molecule is CCN1C[C@H]2O[C@H](C(=O)O[C@]3(C#N)C[C@@H]4C=C[C@H]3O4)[C@H](O2)C1=O. The first kappa shape index (κ1) is 14.6. The highest BCUT2D eigenvalue weighted by Gasteiger charge is 2.57. The highest BCUT2D eigenvalue weighted by molar-refractivity contribution is 5.90. The van der Waals surface area contributed by atoms with E-state index in [0.29, 0.717) is 6.54 Å². The third-order valence-corrected chi connectivity index (χ3v) is 4.67. The average molecular weight is 320 g/mol. The van der Waals surface area contributed by atoms with Gasteiger partial charge in [-0.3, -0.25) is 4.79 Å². The molecule has 0 unspecified atom stereocenters. The molecule has 3 saturated heterocycles. The quantitative estimate of drug-likeness (QED) is 0.510. The number of esters is 1. The van der Waals surface area contributed by atoms with Crippen molar-refractivity contribution in [1.29, 1.82) is 5.26 Å². The lowest BCUT2D eigenvalue weighted by Crippen LogP contribution is -2.51. The van der Waals surface area contributed by atoms with Gasteiger partial charge in [0.15, 0.2) is 18.5 Å². The molecule has 0 aromatic heterocycles. The second-order valence-corrected chi connectivity index (χ2v) is 6.03. The molecular weight excluding hydrogens is 304 g/mol. The Morgan fingerprint density at radius 3 is 2.91 bits per heavy atom. The summed E-state index contributed by atoms with van der Waals surface area (Å²) in [6.07, 6.45) is 0.273. The van der Waals surface area contributed by atoms with Gasteiger partial charge in [-0.05, 0) is 6.92 Å². The maximum absolute atomic E-state index is 12.5. The highest BCUT2D eigenvalue weighted by Crippen LogP contribution is 2.40. The molecule has 4 aliphatic heterocycles. The van der Waals surface area contributed by atoms with Crippen molar-refractivity contribution < 1.29 is 28.5 Å². The van der Waals surface area contributed by atoms with Gasteiger partial charge in [-0.15, -0.1) is 0 Å². The molecule has 122 valence electrons. The van der Waals surface area contributed by atoms with Crippen LogP contribution in [0.1, 0.15) is 13.3 Å². The van der Waals surface area contributed by atoms with Crippen molar-refractivity contribution in [2.45, 2.75) is 49.7 Å². The van der Waals surface area contributed by atoms with Crippen LogP contribution in [0.4, 0.5) is 0 Å². The summed E-state index contributed by atoms with van der Waals surface area (Å²) < 4.78 is 21.9. The van der Waals surface area contributed by atoms with E-state index in [2.05, 4.69) is 0 Å². The molecule has 3 fully saturated rings. The lowest BCUT2D eigenvalue weighted by molar-refractivity contribution is -0.170. The summed E-state index contributed by atoms with van der Waals surface area (Å²) >= 11 is 0. The van der Waals surface area contributed by atoms with E-state index in [1.807, 2.05) is 19.1 Å². The van der Waals surface area contributed by atoms with Crippen molar-refractivity contribution >= 4 is 11.9 Å². The molecule has 8 heteroatoms. The van der Waals surface area contributed by atoms with Crippen molar-refractivity contribution in [3.8, 4) is 6.07 Å². The van der Waals surface area contributed by atoms with Crippen molar-refractivity contribution in [3.63, 3.8) is 0 Å². The number of carbonyl (C=O) groups is 2. The second-order valence-electron chi connectivity index (χ2n) is 6.03. The van der Waals surface area contributed by atoms with Crippen LogP contribution in [0.25, 0.3) is 0 Å². The van der Waals surface area contributed by atoms with Gasteiger partial charge in [0, 0.05) is 13.0 Å². The van der Waals surface area contributed by atoms with E-state index in [1.165, 1.54) is 0 Å². The number of nitriles is 1. The van der Waals surface area contributed by atoms with Gasteiger partial charge in [-0.25, -0.2) is 4.79 Å². The summed E-state index contributed by atoms with van der Waals surface area (Å²) in [7, 11) is 0.